The molecule has 3 atom stereocenters. The van der Waals surface area contributed by atoms with Gasteiger partial charge in [0.05, 0.1) is 16.6 Å². The number of anilines is 2. The first-order valence-electron chi connectivity index (χ1n) is 12.4. The Morgan fingerprint density at radius 2 is 1.73 bits per heavy atom. The SMILES string of the molecule is Cc1ccc(N2C(=O)C3Sc4[nH]c(=O)sc4C(c4ccccc4OCC(=O)Nc4ccc(F)cc4)C3C2=O)cc1. The van der Waals surface area contributed by atoms with Crippen LogP contribution in [0, 0.1) is 18.7 Å². The number of H-pyrrole nitrogens is 1. The summed E-state index contributed by atoms with van der Waals surface area (Å²) in [6.45, 7) is 1.58. The molecule has 0 saturated carbocycles. The number of aromatic amines is 1. The minimum absolute atomic E-state index is 0.283. The van der Waals surface area contributed by atoms with Gasteiger partial charge < -0.3 is 15.0 Å². The van der Waals surface area contributed by atoms with Crippen molar-refractivity contribution in [2.24, 2.45) is 5.92 Å². The summed E-state index contributed by atoms with van der Waals surface area (Å²) in [6, 6.07) is 19.5. The third-order valence-corrected chi connectivity index (χ3v) is 9.26. The molecule has 0 radical (unpaired) electrons. The number of hydrogen-bond donors (Lipinski definition) is 2. The maximum atomic E-state index is 13.9. The van der Waals surface area contributed by atoms with Crippen molar-refractivity contribution in [1.29, 1.82) is 0 Å². The molecular formula is C29H22FN3O5S2. The molecule has 202 valence electrons. The van der Waals surface area contributed by atoms with Crippen molar-refractivity contribution in [3.63, 3.8) is 0 Å². The summed E-state index contributed by atoms with van der Waals surface area (Å²) >= 11 is 2.20. The molecule has 11 heteroatoms. The van der Waals surface area contributed by atoms with Gasteiger partial charge in [-0.25, -0.2) is 9.29 Å². The number of nitrogens with zero attached hydrogens (tertiary/aromatic N) is 1. The smallest absolute Gasteiger partial charge is 0.305 e. The van der Waals surface area contributed by atoms with Crippen LogP contribution in [0.5, 0.6) is 5.75 Å². The van der Waals surface area contributed by atoms with Crippen LogP contribution in [0.15, 0.2) is 82.6 Å². The molecule has 3 amide bonds. The van der Waals surface area contributed by atoms with E-state index in [4.69, 9.17) is 4.74 Å². The Morgan fingerprint density at radius 1 is 1.00 bits per heavy atom. The highest BCUT2D eigenvalue weighted by Gasteiger charge is 2.56. The quantitative estimate of drug-likeness (QED) is 0.323. The number of amides is 3. The number of benzene rings is 3. The third kappa shape index (κ3) is 4.71. The summed E-state index contributed by atoms with van der Waals surface area (Å²) in [4.78, 5) is 56.9. The maximum Gasteiger partial charge on any atom is 0.305 e. The molecule has 3 unspecified atom stereocenters. The number of rotatable bonds is 6. The standard InChI is InChI=1S/C29H22FN3O5S2/c1-15-6-12-18(13-7-15)33-27(35)23-22(24-26(32-29(37)40-24)39-25(23)28(33)36)19-4-2-3-5-20(19)38-14-21(34)31-17-10-8-16(30)9-11-17/h2-13,22-23,25H,14H2,1H3,(H,31,34)(H,32,37). The number of aromatic nitrogens is 1. The fourth-order valence-electron chi connectivity index (χ4n) is 5.04. The van der Waals surface area contributed by atoms with Gasteiger partial charge in [0, 0.05) is 22.0 Å². The number of carbonyl (C=O) groups is 3. The molecule has 3 aromatic carbocycles. The van der Waals surface area contributed by atoms with E-state index in [0.717, 1.165) is 16.9 Å². The fraction of sp³-hybridized carbons (Fsp3) is 0.172. The van der Waals surface area contributed by atoms with E-state index in [1.165, 1.54) is 40.9 Å². The Labute approximate surface area is 236 Å². The molecule has 0 aliphatic carbocycles. The van der Waals surface area contributed by atoms with Crippen LogP contribution in [0.3, 0.4) is 0 Å². The number of nitrogens with one attached hydrogen (secondary N) is 2. The van der Waals surface area contributed by atoms with Crippen LogP contribution in [0.25, 0.3) is 0 Å². The van der Waals surface area contributed by atoms with Crippen LogP contribution in [-0.4, -0.2) is 34.6 Å². The number of imide groups is 1. The van der Waals surface area contributed by atoms with Gasteiger partial charge in [-0.3, -0.25) is 19.2 Å². The summed E-state index contributed by atoms with van der Waals surface area (Å²) in [5, 5.41) is 2.46. The van der Waals surface area contributed by atoms with Gasteiger partial charge in [-0.1, -0.05) is 59.0 Å². The van der Waals surface area contributed by atoms with E-state index in [1.54, 1.807) is 36.4 Å². The highest BCUT2D eigenvalue weighted by Crippen LogP contribution is 2.54. The largest absolute Gasteiger partial charge is 0.483 e. The molecule has 2 aliphatic heterocycles. The van der Waals surface area contributed by atoms with Crippen molar-refractivity contribution in [2.75, 3.05) is 16.8 Å². The molecule has 1 aromatic heterocycles. The Hall–Kier alpha value is -4.22. The van der Waals surface area contributed by atoms with E-state index in [9.17, 15) is 23.6 Å². The van der Waals surface area contributed by atoms with Gasteiger partial charge in [-0.2, -0.15) is 0 Å². The molecule has 3 heterocycles. The fourth-order valence-corrected chi connectivity index (χ4v) is 7.55. The first-order valence-corrected chi connectivity index (χ1v) is 14.1. The zero-order valence-corrected chi connectivity index (χ0v) is 22.7. The van der Waals surface area contributed by atoms with E-state index in [1.807, 2.05) is 19.1 Å². The molecule has 0 spiro atoms. The Bertz CT molecular complexity index is 1680. The summed E-state index contributed by atoms with van der Waals surface area (Å²) in [5.41, 5.74) is 2.51. The van der Waals surface area contributed by atoms with Crippen molar-refractivity contribution < 1.29 is 23.5 Å². The molecule has 8 nitrogen and oxygen atoms in total. The Morgan fingerprint density at radius 3 is 2.48 bits per heavy atom. The topological polar surface area (TPSA) is 109 Å². The molecule has 1 saturated heterocycles. The van der Waals surface area contributed by atoms with Crippen LogP contribution < -0.4 is 19.8 Å². The van der Waals surface area contributed by atoms with Crippen LogP contribution in [-0.2, 0) is 14.4 Å². The van der Waals surface area contributed by atoms with E-state index >= 15 is 0 Å². The van der Waals surface area contributed by atoms with E-state index in [0.29, 0.717) is 32.6 Å². The molecule has 6 rings (SSSR count). The van der Waals surface area contributed by atoms with Gasteiger partial charge in [0.15, 0.2) is 6.61 Å². The van der Waals surface area contributed by atoms with Crippen LogP contribution in [0.4, 0.5) is 15.8 Å². The zero-order valence-electron chi connectivity index (χ0n) is 21.1. The molecule has 4 aromatic rings. The number of carbonyl (C=O) groups excluding carboxylic acids is 3. The number of fused-ring (bicyclic) bond motifs is 2. The van der Waals surface area contributed by atoms with E-state index < -0.39 is 28.8 Å². The monoisotopic (exact) mass is 575 g/mol. The van der Waals surface area contributed by atoms with Gasteiger partial charge in [-0.15, -0.1) is 0 Å². The molecule has 2 aliphatic rings. The second-order valence-electron chi connectivity index (χ2n) is 9.48. The van der Waals surface area contributed by atoms with Crippen LogP contribution >= 0.6 is 23.1 Å². The highest BCUT2D eigenvalue weighted by atomic mass is 32.2. The van der Waals surface area contributed by atoms with Gasteiger partial charge in [-0.05, 0) is 49.4 Å². The first-order chi connectivity index (χ1) is 19.3. The average Bonchev–Trinajstić information content (AvgIpc) is 3.44. The number of ether oxygens (including phenoxy) is 1. The lowest BCUT2D eigenvalue weighted by Gasteiger charge is -2.30. The highest BCUT2D eigenvalue weighted by molar-refractivity contribution is 8.00. The van der Waals surface area contributed by atoms with Crippen molar-refractivity contribution >= 4 is 52.2 Å². The number of thiazole rings is 1. The van der Waals surface area contributed by atoms with Gasteiger partial charge >= 0.3 is 4.87 Å². The summed E-state index contributed by atoms with van der Waals surface area (Å²) in [7, 11) is 0. The summed E-state index contributed by atoms with van der Waals surface area (Å²) in [5.74, 6) is -2.64. The Kier molecular flexibility index (Phi) is 6.77. The second-order valence-corrected chi connectivity index (χ2v) is 11.6. The van der Waals surface area contributed by atoms with Gasteiger partial charge in [0.25, 0.3) is 5.91 Å². The minimum atomic E-state index is -0.782. The first kappa shape index (κ1) is 26.0. The number of thioether (sulfide) groups is 1. The molecule has 2 N–H and O–H groups in total. The Balaban J connectivity index is 1.33. The number of hydrogen-bond acceptors (Lipinski definition) is 7. The minimum Gasteiger partial charge on any atom is -0.483 e. The number of halogens is 1. The second kappa shape index (κ2) is 10.4. The van der Waals surface area contributed by atoms with Crippen molar-refractivity contribution in [3.05, 3.63) is 104 Å². The predicted octanol–water partition coefficient (Wildman–Crippen LogP) is 4.70. The van der Waals surface area contributed by atoms with Crippen LogP contribution in [0.2, 0.25) is 0 Å². The lowest BCUT2D eigenvalue weighted by molar-refractivity contribution is -0.122. The maximum absolute atomic E-state index is 13.9. The lowest BCUT2D eigenvalue weighted by Crippen LogP contribution is -2.32. The van der Waals surface area contributed by atoms with E-state index in [-0.39, 0.29) is 23.3 Å². The van der Waals surface area contributed by atoms with Crippen LogP contribution in [0.1, 0.15) is 21.9 Å². The van der Waals surface area contributed by atoms with Gasteiger partial charge in [0.1, 0.15) is 16.8 Å². The molecule has 40 heavy (non-hydrogen) atoms. The number of para-hydroxylation sites is 1. The molecular weight excluding hydrogens is 553 g/mol. The zero-order chi connectivity index (χ0) is 28.0. The summed E-state index contributed by atoms with van der Waals surface area (Å²) < 4.78 is 19.1. The van der Waals surface area contributed by atoms with Crippen molar-refractivity contribution in [3.8, 4) is 5.75 Å². The van der Waals surface area contributed by atoms with Crippen molar-refractivity contribution in [2.45, 2.75) is 23.1 Å². The predicted molar refractivity (Wildman–Crippen MR) is 151 cm³/mol. The average molecular weight is 576 g/mol. The van der Waals surface area contributed by atoms with Gasteiger partial charge in [0.2, 0.25) is 11.8 Å². The molecule has 0 bridgehead atoms. The summed E-state index contributed by atoms with van der Waals surface area (Å²) in [6.07, 6.45) is 0. The third-order valence-electron chi connectivity index (χ3n) is 6.86. The molecule has 1 fully saturated rings. The number of aryl methyl sites for hydroxylation is 1. The van der Waals surface area contributed by atoms with E-state index in [2.05, 4.69) is 10.3 Å². The normalized spacial score (nSPS) is 19.8. The van der Waals surface area contributed by atoms with Crippen molar-refractivity contribution in [1.82, 2.24) is 4.98 Å². The lowest BCUT2D eigenvalue weighted by atomic mass is 9.82.